The number of hydrogen-bond donors (Lipinski definition) is 1. The monoisotopic (exact) mass is 329 g/mol. The smallest absolute Gasteiger partial charge is 0.416 e. The van der Waals surface area contributed by atoms with Crippen molar-refractivity contribution in [3.63, 3.8) is 0 Å². The van der Waals surface area contributed by atoms with Crippen LogP contribution in [0.3, 0.4) is 0 Å². The molecule has 0 fully saturated rings. The van der Waals surface area contributed by atoms with Crippen molar-refractivity contribution in [3.05, 3.63) is 64.2 Å². The zero-order chi connectivity index (χ0) is 16.2. The topological polar surface area (TPSA) is 21.3 Å². The van der Waals surface area contributed by atoms with Crippen LogP contribution in [0.15, 0.2) is 42.5 Å². The molecule has 0 radical (unpaired) electrons. The van der Waals surface area contributed by atoms with E-state index in [0.717, 1.165) is 23.3 Å². The number of ether oxygens (including phenoxy) is 1. The van der Waals surface area contributed by atoms with Gasteiger partial charge in [0.2, 0.25) is 0 Å². The Hall–Kier alpha value is -1.72. The van der Waals surface area contributed by atoms with Crippen LogP contribution in [0.5, 0.6) is 5.75 Å². The molecule has 2 aromatic carbocycles. The predicted octanol–water partition coefficient (Wildman–Crippen LogP) is 4.66. The van der Waals surface area contributed by atoms with E-state index in [9.17, 15) is 13.2 Å². The van der Waals surface area contributed by atoms with Gasteiger partial charge in [0.05, 0.1) is 17.7 Å². The molecular weight excluding hydrogens is 315 g/mol. The van der Waals surface area contributed by atoms with E-state index in [4.69, 9.17) is 16.3 Å². The molecule has 22 heavy (non-hydrogen) atoms. The van der Waals surface area contributed by atoms with Crippen LogP contribution in [0.25, 0.3) is 0 Å². The summed E-state index contributed by atoms with van der Waals surface area (Å²) < 4.78 is 42.4. The summed E-state index contributed by atoms with van der Waals surface area (Å²) in [4.78, 5) is 0. The maximum Gasteiger partial charge on any atom is 0.416 e. The summed E-state index contributed by atoms with van der Waals surface area (Å²) in [6.45, 7) is 1.03. The van der Waals surface area contributed by atoms with Crippen molar-refractivity contribution in [1.29, 1.82) is 0 Å². The van der Waals surface area contributed by atoms with Crippen molar-refractivity contribution >= 4 is 11.6 Å². The van der Waals surface area contributed by atoms with E-state index in [2.05, 4.69) is 5.32 Å². The first kappa shape index (κ1) is 16.6. The van der Waals surface area contributed by atoms with Gasteiger partial charge >= 0.3 is 6.18 Å². The molecule has 0 unspecified atom stereocenters. The molecule has 1 N–H and O–H groups in total. The minimum atomic E-state index is -4.30. The van der Waals surface area contributed by atoms with Crippen LogP contribution in [-0.4, -0.2) is 7.11 Å². The van der Waals surface area contributed by atoms with Crippen LogP contribution >= 0.6 is 11.6 Å². The second-order valence-corrected chi connectivity index (χ2v) is 5.17. The number of nitrogens with one attached hydrogen (secondary N) is 1. The highest BCUT2D eigenvalue weighted by Crippen LogP contribution is 2.29. The Bertz CT molecular complexity index is 626. The fraction of sp³-hybridized carbons (Fsp3) is 0.250. The van der Waals surface area contributed by atoms with Gasteiger partial charge in [-0.2, -0.15) is 13.2 Å². The second-order valence-electron chi connectivity index (χ2n) is 4.77. The molecule has 0 aliphatic rings. The lowest BCUT2D eigenvalue weighted by Crippen LogP contribution is -2.13. The third-order valence-electron chi connectivity index (χ3n) is 3.16. The van der Waals surface area contributed by atoms with E-state index < -0.39 is 11.7 Å². The van der Waals surface area contributed by atoms with Crippen LogP contribution < -0.4 is 10.1 Å². The molecule has 0 bridgehead atoms. The molecule has 0 spiro atoms. The summed E-state index contributed by atoms with van der Waals surface area (Å²) in [6.07, 6.45) is -4.30. The largest absolute Gasteiger partial charge is 0.495 e. The molecule has 0 aromatic heterocycles. The highest BCUT2D eigenvalue weighted by molar-refractivity contribution is 6.32. The van der Waals surface area contributed by atoms with Crippen LogP contribution in [0, 0.1) is 0 Å². The molecule has 0 atom stereocenters. The number of rotatable bonds is 5. The van der Waals surface area contributed by atoms with Crippen molar-refractivity contribution in [2.75, 3.05) is 7.11 Å². The summed E-state index contributed by atoms with van der Waals surface area (Å²) in [5.74, 6) is 0.605. The molecule has 2 rings (SSSR count). The summed E-state index contributed by atoms with van der Waals surface area (Å²) in [6, 6.07) is 10.6. The van der Waals surface area contributed by atoms with Gasteiger partial charge in [-0.3, -0.25) is 0 Å². The highest BCUT2D eigenvalue weighted by Gasteiger charge is 2.29. The van der Waals surface area contributed by atoms with Crippen molar-refractivity contribution < 1.29 is 17.9 Å². The maximum absolute atomic E-state index is 12.5. The molecule has 0 saturated carbocycles. The molecule has 0 aliphatic heterocycles. The second kappa shape index (κ2) is 7.03. The molecule has 6 heteroatoms. The number of hydrogen-bond acceptors (Lipinski definition) is 2. The number of alkyl halides is 3. The quantitative estimate of drug-likeness (QED) is 0.861. The first-order valence-corrected chi connectivity index (χ1v) is 6.97. The van der Waals surface area contributed by atoms with Gasteiger partial charge in [-0.05, 0) is 35.4 Å². The Kier molecular flexibility index (Phi) is 5.32. The van der Waals surface area contributed by atoms with Crippen LogP contribution in [-0.2, 0) is 19.3 Å². The van der Waals surface area contributed by atoms with Gasteiger partial charge in [0.25, 0.3) is 0 Å². The fourth-order valence-corrected chi connectivity index (χ4v) is 2.26. The van der Waals surface area contributed by atoms with Gasteiger partial charge in [0, 0.05) is 13.1 Å². The van der Waals surface area contributed by atoms with Crippen LogP contribution in [0.2, 0.25) is 5.02 Å². The lowest BCUT2D eigenvalue weighted by atomic mass is 10.1. The molecule has 2 nitrogen and oxygen atoms in total. The normalized spacial score (nSPS) is 11.5. The first-order chi connectivity index (χ1) is 10.4. The van der Waals surface area contributed by atoms with E-state index in [1.807, 2.05) is 6.07 Å². The Morgan fingerprint density at radius 1 is 1.00 bits per heavy atom. The molecule has 0 heterocycles. The standard InChI is InChI=1S/C16H15ClF3NO/c1-22-15-7-4-12(8-14(15)17)10-21-9-11-2-5-13(6-3-11)16(18,19)20/h2-8,21H,9-10H2,1H3. The summed E-state index contributed by atoms with van der Waals surface area (Å²) in [5, 5.41) is 3.68. The summed E-state index contributed by atoms with van der Waals surface area (Å²) in [7, 11) is 1.55. The summed E-state index contributed by atoms with van der Waals surface area (Å²) in [5.41, 5.74) is 1.11. The van der Waals surface area contributed by atoms with E-state index >= 15 is 0 Å². The molecule has 118 valence electrons. The third kappa shape index (κ3) is 4.39. The Balaban J connectivity index is 1.90. The molecule has 0 amide bonds. The van der Waals surface area contributed by atoms with Gasteiger partial charge in [0.1, 0.15) is 5.75 Å². The minimum absolute atomic E-state index is 0.474. The maximum atomic E-state index is 12.5. The predicted molar refractivity (Wildman–Crippen MR) is 80.0 cm³/mol. The van der Waals surface area contributed by atoms with Gasteiger partial charge in [-0.1, -0.05) is 29.8 Å². The first-order valence-electron chi connectivity index (χ1n) is 6.59. The third-order valence-corrected chi connectivity index (χ3v) is 3.45. The number of benzene rings is 2. The molecular formula is C16H15ClF3NO. The van der Waals surface area contributed by atoms with E-state index in [-0.39, 0.29) is 0 Å². The molecule has 0 aliphatic carbocycles. The van der Waals surface area contributed by atoms with E-state index in [1.165, 1.54) is 12.1 Å². The Labute approximate surface area is 131 Å². The zero-order valence-electron chi connectivity index (χ0n) is 11.9. The number of methoxy groups -OCH3 is 1. The van der Waals surface area contributed by atoms with Gasteiger partial charge in [0.15, 0.2) is 0 Å². The average molecular weight is 330 g/mol. The van der Waals surface area contributed by atoms with Gasteiger partial charge < -0.3 is 10.1 Å². The van der Waals surface area contributed by atoms with Crippen molar-refractivity contribution in [1.82, 2.24) is 5.32 Å². The van der Waals surface area contributed by atoms with Gasteiger partial charge in [-0.15, -0.1) is 0 Å². The fourth-order valence-electron chi connectivity index (χ4n) is 1.98. The van der Waals surface area contributed by atoms with E-state index in [1.54, 1.807) is 19.2 Å². The highest BCUT2D eigenvalue weighted by atomic mass is 35.5. The van der Waals surface area contributed by atoms with Crippen LogP contribution in [0.4, 0.5) is 13.2 Å². The minimum Gasteiger partial charge on any atom is -0.495 e. The van der Waals surface area contributed by atoms with Gasteiger partial charge in [-0.25, -0.2) is 0 Å². The summed E-state index contributed by atoms with van der Waals surface area (Å²) >= 11 is 6.03. The lowest BCUT2D eigenvalue weighted by molar-refractivity contribution is -0.137. The van der Waals surface area contributed by atoms with Crippen LogP contribution in [0.1, 0.15) is 16.7 Å². The van der Waals surface area contributed by atoms with Crippen molar-refractivity contribution in [2.45, 2.75) is 19.3 Å². The Morgan fingerprint density at radius 3 is 2.14 bits per heavy atom. The molecule has 0 saturated heterocycles. The zero-order valence-corrected chi connectivity index (χ0v) is 12.6. The average Bonchev–Trinajstić information content (AvgIpc) is 2.47. The van der Waals surface area contributed by atoms with E-state index in [0.29, 0.717) is 23.9 Å². The number of halogens is 4. The lowest BCUT2D eigenvalue weighted by Gasteiger charge is -2.09. The van der Waals surface area contributed by atoms with Crippen molar-refractivity contribution in [2.24, 2.45) is 0 Å². The molecule has 2 aromatic rings. The SMILES string of the molecule is COc1ccc(CNCc2ccc(C(F)(F)F)cc2)cc1Cl. The van der Waals surface area contributed by atoms with Crippen molar-refractivity contribution in [3.8, 4) is 5.75 Å². The Morgan fingerprint density at radius 2 is 1.59 bits per heavy atom.